The molecule has 19 heavy (non-hydrogen) atoms. The number of anilines is 1. The third-order valence-electron chi connectivity index (χ3n) is 2.99. The monoisotopic (exact) mass is 319 g/mol. The molecule has 94 valence electrons. The van der Waals surface area contributed by atoms with Crippen LogP contribution in [-0.4, -0.2) is 31.3 Å². The van der Waals surface area contributed by atoms with Crippen LogP contribution in [0.15, 0.2) is 48.5 Å². The number of hydrogen-bond acceptors (Lipinski definition) is 3. The molecule has 0 unspecified atom stereocenters. The third-order valence-corrected chi connectivity index (χ3v) is 4.12. The number of carbonyl (C=O) groups excluding carboxylic acids is 2. The second-order valence-electron chi connectivity index (χ2n) is 4.05. The molecule has 1 aliphatic heterocycles. The Bertz CT molecular complexity index is 670. The van der Waals surface area contributed by atoms with Gasteiger partial charge in [-0.15, -0.1) is 0 Å². The van der Waals surface area contributed by atoms with Gasteiger partial charge in [0, 0.05) is 0 Å². The Morgan fingerprint density at radius 2 is 1.63 bits per heavy atom. The fourth-order valence-electron chi connectivity index (χ4n) is 2.14. The molecule has 0 atom stereocenters. The van der Waals surface area contributed by atoms with E-state index >= 15 is 0 Å². The minimum absolute atomic E-state index is 0.332. The molecule has 1 N–H and O–H groups in total. The van der Waals surface area contributed by atoms with Gasteiger partial charge in [0.15, 0.2) is 0 Å². The van der Waals surface area contributed by atoms with Gasteiger partial charge in [-0.25, -0.2) is 0 Å². The minimum atomic E-state index is -0.812. The first-order valence-corrected chi connectivity index (χ1v) is 7.24. The van der Waals surface area contributed by atoms with E-state index in [1.54, 1.807) is 42.5 Å². The molecule has 0 saturated heterocycles. The predicted molar refractivity (Wildman–Crippen MR) is 71.6 cm³/mol. The van der Waals surface area contributed by atoms with Crippen molar-refractivity contribution in [3.63, 3.8) is 0 Å². The number of nitrogens with zero attached hydrogens (tertiary/aromatic N) is 1. The Hall–Kier alpha value is -1.94. The number of carbonyl (C=O) groups is 2. The van der Waals surface area contributed by atoms with Gasteiger partial charge in [-0.05, 0) is 0 Å². The zero-order valence-corrected chi connectivity index (χ0v) is 11.5. The van der Waals surface area contributed by atoms with Crippen LogP contribution in [0.2, 0.25) is 0 Å². The van der Waals surface area contributed by atoms with Crippen LogP contribution in [0.25, 0.3) is 0 Å². The second kappa shape index (κ2) is 4.63. The molecule has 3 rings (SSSR count). The Kier molecular flexibility index (Phi) is 2.95. The molecule has 4 nitrogen and oxygen atoms in total. The molecular weight excluding hydrogens is 309 g/mol. The Balaban J connectivity index is 2.15. The molecule has 0 bridgehead atoms. The SMILES string of the molecule is O=C1c2cccc([Se]O)c2C(=O)N1c1ccccc1. The summed E-state index contributed by atoms with van der Waals surface area (Å²) in [6, 6.07) is 13.8. The quantitative estimate of drug-likeness (QED) is 0.656. The van der Waals surface area contributed by atoms with E-state index in [1.807, 2.05) is 6.07 Å². The van der Waals surface area contributed by atoms with Crippen LogP contribution in [0.5, 0.6) is 0 Å². The van der Waals surface area contributed by atoms with E-state index in [-0.39, 0.29) is 11.8 Å². The van der Waals surface area contributed by atoms with Crippen LogP contribution < -0.4 is 9.36 Å². The van der Waals surface area contributed by atoms with Crippen molar-refractivity contribution >= 4 is 37.3 Å². The van der Waals surface area contributed by atoms with Crippen molar-refractivity contribution in [2.24, 2.45) is 0 Å². The van der Waals surface area contributed by atoms with E-state index in [0.29, 0.717) is 21.3 Å². The molecule has 0 fully saturated rings. The van der Waals surface area contributed by atoms with Gasteiger partial charge in [0.05, 0.1) is 0 Å². The molecule has 0 spiro atoms. The fourth-order valence-corrected chi connectivity index (χ4v) is 3.04. The molecule has 2 aromatic rings. The molecular formula is C14H9NO3Se. The van der Waals surface area contributed by atoms with E-state index in [1.165, 1.54) is 0 Å². The van der Waals surface area contributed by atoms with Gasteiger partial charge in [-0.3, -0.25) is 0 Å². The standard InChI is InChI=1S/C14H9NO3Se/c16-13-10-7-4-8-11(19-18)12(10)14(17)15(13)9-5-2-1-3-6-9/h1-8,18H. The summed E-state index contributed by atoms with van der Waals surface area (Å²) in [5.41, 5.74) is 1.24. The van der Waals surface area contributed by atoms with Crippen LogP contribution >= 0.6 is 0 Å². The van der Waals surface area contributed by atoms with Gasteiger partial charge in [0.1, 0.15) is 0 Å². The van der Waals surface area contributed by atoms with Crippen LogP contribution in [0, 0.1) is 0 Å². The first kappa shape index (κ1) is 12.1. The van der Waals surface area contributed by atoms with Gasteiger partial charge in [-0.2, -0.15) is 0 Å². The van der Waals surface area contributed by atoms with Crippen LogP contribution in [0.4, 0.5) is 5.69 Å². The van der Waals surface area contributed by atoms with Gasteiger partial charge < -0.3 is 0 Å². The number of rotatable bonds is 2. The number of para-hydroxylation sites is 1. The number of amides is 2. The van der Waals surface area contributed by atoms with Gasteiger partial charge in [0.2, 0.25) is 0 Å². The number of imide groups is 1. The molecule has 0 radical (unpaired) electrons. The van der Waals surface area contributed by atoms with Crippen LogP contribution in [0.3, 0.4) is 0 Å². The molecule has 1 aliphatic rings. The van der Waals surface area contributed by atoms with Crippen molar-refractivity contribution in [3.8, 4) is 0 Å². The van der Waals surface area contributed by atoms with Crippen molar-refractivity contribution in [1.82, 2.24) is 0 Å². The summed E-state index contributed by atoms with van der Waals surface area (Å²) in [5.74, 6) is -0.699. The molecule has 1 heterocycles. The van der Waals surface area contributed by atoms with E-state index in [2.05, 4.69) is 0 Å². The second-order valence-corrected chi connectivity index (χ2v) is 5.36. The normalized spacial score (nSPS) is 13.8. The third kappa shape index (κ3) is 1.79. The number of fused-ring (bicyclic) bond motifs is 1. The van der Waals surface area contributed by atoms with Gasteiger partial charge in [-0.1, -0.05) is 0 Å². The Morgan fingerprint density at radius 3 is 2.32 bits per heavy atom. The summed E-state index contributed by atoms with van der Waals surface area (Å²) in [6.07, 6.45) is 0. The van der Waals surface area contributed by atoms with Crippen LogP contribution in [0.1, 0.15) is 20.7 Å². The first-order chi connectivity index (χ1) is 9.24. The topological polar surface area (TPSA) is 57.6 Å². The Labute approximate surface area is 116 Å². The summed E-state index contributed by atoms with van der Waals surface area (Å²) < 4.78 is 9.89. The Morgan fingerprint density at radius 1 is 0.895 bits per heavy atom. The van der Waals surface area contributed by atoms with Gasteiger partial charge in [0.25, 0.3) is 0 Å². The van der Waals surface area contributed by atoms with E-state index in [9.17, 15) is 13.8 Å². The molecule has 0 aromatic heterocycles. The molecule has 2 amide bonds. The van der Waals surface area contributed by atoms with Crippen molar-refractivity contribution in [2.45, 2.75) is 0 Å². The number of benzene rings is 2. The average Bonchev–Trinajstić information content (AvgIpc) is 2.72. The van der Waals surface area contributed by atoms with Crippen molar-refractivity contribution in [3.05, 3.63) is 59.7 Å². The van der Waals surface area contributed by atoms with E-state index in [4.69, 9.17) is 0 Å². The van der Waals surface area contributed by atoms with Crippen molar-refractivity contribution < 1.29 is 13.8 Å². The van der Waals surface area contributed by atoms with Crippen LogP contribution in [-0.2, 0) is 0 Å². The molecule has 0 saturated carbocycles. The van der Waals surface area contributed by atoms with E-state index in [0.717, 1.165) is 4.90 Å². The maximum absolute atomic E-state index is 12.4. The average molecular weight is 318 g/mol. The summed E-state index contributed by atoms with van der Waals surface area (Å²) >= 11 is -0.812. The molecule has 0 aliphatic carbocycles. The first-order valence-electron chi connectivity index (χ1n) is 5.62. The van der Waals surface area contributed by atoms with Gasteiger partial charge >= 0.3 is 116 Å². The zero-order chi connectivity index (χ0) is 13.4. The fraction of sp³-hybridized carbons (Fsp3) is 0. The predicted octanol–water partition coefficient (Wildman–Crippen LogP) is 0.724. The van der Waals surface area contributed by atoms with E-state index < -0.39 is 15.3 Å². The summed E-state index contributed by atoms with van der Waals surface area (Å²) in [5, 5.41) is 0. The summed E-state index contributed by atoms with van der Waals surface area (Å²) in [7, 11) is 0. The summed E-state index contributed by atoms with van der Waals surface area (Å²) in [4.78, 5) is 25.9. The maximum atomic E-state index is 12.4. The molecule has 2 aromatic carbocycles. The number of hydrogen-bond donors (Lipinski definition) is 1. The molecule has 5 heteroatoms. The van der Waals surface area contributed by atoms with Crippen molar-refractivity contribution in [1.29, 1.82) is 0 Å². The summed E-state index contributed by atoms with van der Waals surface area (Å²) in [6.45, 7) is 0. The zero-order valence-electron chi connectivity index (χ0n) is 9.74. The van der Waals surface area contributed by atoms with Crippen molar-refractivity contribution in [2.75, 3.05) is 4.90 Å².